The van der Waals surface area contributed by atoms with Gasteiger partial charge < -0.3 is 13.9 Å². The van der Waals surface area contributed by atoms with Crippen LogP contribution in [0.5, 0.6) is 0 Å². The summed E-state index contributed by atoms with van der Waals surface area (Å²) in [6.07, 6.45) is 0. The van der Waals surface area contributed by atoms with Gasteiger partial charge in [-0.3, -0.25) is 0 Å². The van der Waals surface area contributed by atoms with E-state index in [4.69, 9.17) is 9.31 Å². The predicted molar refractivity (Wildman–Crippen MR) is 106 cm³/mol. The largest absolute Gasteiger partial charge is 0.598 e. The summed E-state index contributed by atoms with van der Waals surface area (Å²) in [5.41, 5.74) is 2.50. The minimum Gasteiger partial charge on any atom is -0.598 e. The van der Waals surface area contributed by atoms with Crippen molar-refractivity contribution in [3.05, 3.63) is 29.3 Å². The van der Waals surface area contributed by atoms with Gasteiger partial charge in [0.15, 0.2) is 0 Å². The van der Waals surface area contributed by atoms with Gasteiger partial charge >= 0.3 is 7.12 Å². The Morgan fingerprint density at radius 1 is 1.08 bits per heavy atom. The summed E-state index contributed by atoms with van der Waals surface area (Å²) in [7, 11) is -0.385. The van der Waals surface area contributed by atoms with Crippen LogP contribution in [-0.4, -0.2) is 27.6 Å². The SMILES string of the molecule is Cc1cc(B2OC(C)(C)C(C)(C)O2)cc([C@@H](C)N[S+]([O-])C(C)(C)C)c1. The Labute approximate surface area is 156 Å². The smallest absolute Gasteiger partial charge is 0.494 e. The molecule has 2 rings (SSSR count). The first kappa shape index (κ1) is 20.8. The molecular weight excluding hydrogens is 333 g/mol. The van der Waals surface area contributed by atoms with Gasteiger partial charge in [-0.25, -0.2) is 0 Å². The molecule has 4 nitrogen and oxygen atoms in total. The molecule has 0 aliphatic carbocycles. The van der Waals surface area contributed by atoms with Crippen molar-refractivity contribution in [2.75, 3.05) is 0 Å². The number of aryl methyl sites for hydroxylation is 1. The predicted octanol–water partition coefficient (Wildman–Crippen LogP) is 3.41. The summed E-state index contributed by atoms with van der Waals surface area (Å²) in [4.78, 5) is 0. The lowest BCUT2D eigenvalue weighted by molar-refractivity contribution is 0.00578. The standard InChI is InChI=1S/C19H32BNO3S/c1-13-10-15(14(2)21-25(22)17(3,4)5)12-16(11-13)20-23-18(6,7)19(8,9)24-20/h10-12,14,21H,1-9H3/t14-,25?/m1/s1. The fraction of sp³-hybridized carbons (Fsp3) is 0.684. The molecule has 0 saturated carbocycles. The zero-order valence-corrected chi connectivity index (χ0v) is 17.8. The van der Waals surface area contributed by atoms with Crippen LogP contribution in [0.4, 0.5) is 0 Å². The molecule has 1 N–H and O–H groups in total. The highest BCUT2D eigenvalue weighted by Gasteiger charge is 2.51. The minimum atomic E-state index is -1.12. The molecule has 140 valence electrons. The van der Waals surface area contributed by atoms with Gasteiger partial charge in [0.2, 0.25) is 0 Å². The van der Waals surface area contributed by atoms with Gasteiger partial charge in [0, 0.05) is 11.4 Å². The Balaban J connectivity index is 2.24. The first-order valence-electron chi connectivity index (χ1n) is 8.88. The third-order valence-electron chi connectivity index (χ3n) is 4.99. The van der Waals surface area contributed by atoms with E-state index in [0.717, 1.165) is 16.6 Å². The van der Waals surface area contributed by atoms with E-state index in [2.05, 4.69) is 57.5 Å². The Hall–Kier alpha value is -0.525. The van der Waals surface area contributed by atoms with Crippen LogP contribution in [0, 0.1) is 6.92 Å². The van der Waals surface area contributed by atoms with Crippen LogP contribution in [0.15, 0.2) is 18.2 Å². The zero-order chi connectivity index (χ0) is 19.2. The quantitative estimate of drug-likeness (QED) is 0.656. The van der Waals surface area contributed by atoms with Crippen LogP contribution < -0.4 is 10.2 Å². The lowest BCUT2D eigenvalue weighted by atomic mass is 9.77. The maximum absolute atomic E-state index is 12.4. The fourth-order valence-electron chi connectivity index (χ4n) is 2.61. The average Bonchev–Trinajstić information content (AvgIpc) is 2.65. The van der Waals surface area contributed by atoms with Gasteiger partial charge in [-0.1, -0.05) is 23.8 Å². The van der Waals surface area contributed by atoms with E-state index in [9.17, 15) is 4.55 Å². The van der Waals surface area contributed by atoms with Crippen molar-refractivity contribution in [2.24, 2.45) is 0 Å². The molecule has 2 atom stereocenters. The molecule has 1 heterocycles. The summed E-state index contributed by atoms with van der Waals surface area (Å²) < 4.78 is 27.6. The number of rotatable bonds is 4. The summed E-state index contributed by atoms with van der Waals surface area (Å²) in [6, 6.07) is 6.28. The lowest BCUT2D eigenvalue weighted by Crippen LogP contribution is -2.41. The second kappa shape index (κ2) is 6.89. The molecule has 0 amide bonds. The van der Waals surface area contributed by atoms with Crippen molar-refractivity contribution in [2.45, 2.75) is 84.3 Å². The van der Waals surface area contributed by atoms with Gasteiger partial charge in [0.25, 0.3) is 0 Å². The Kier molecular flexibility index (Phi) is 5.73. The van der Waals surface area contributed by atoms with E-state index in [-0.39, 0.29) is 29.1 Å². The molecular formula is C19H32BNO3S. The highest BCUT2D eigenvalue weighted by Crippen LogP contribution is 2.36. The van der Waals surface area contributed by atoms with Crippen LogP contribution in [0.1, 0.15) is 72.6 Å². The van der Waals surface area contributed by atoms with E-state index in [1.54, 1.807) is 0 Å². The molecule has 0 aromatic heterocycles. The number of nitrogens with one attached hydrogen (secondary N) is 1. The summed E-state index contributed by atoms with van der Waals surface area (Å²) >= 11 is -1.12. The highest BCUT2D eigenvalue weighted by atomic mass is 32.2. The molecule has 1 aliphatic rings. The molecule has 1 aliphatic heterocycles. The van der Waals surface area contributed by atoms with Gasteiger partial charge in [-0.15, -0.1) is 4.72 Å². The van der Waals surface area contributed by atoms with Crippen molar-refractivity contribution in [3.8, 4) is 0 Å². The average molecular weight is 365 g/mol. The highest BCUT2D eigenvalue weighted by molar-refractivity contribution is 7.90. The van der Waals surface area contributed by atoms with Crippen molar-refractivity contribution in [1.29, 1.82) is 0 Å². The van der Waals surface area contributed by atoms with E-state index < -0.39 is 11.4 Å². The number of hydrogen-bond donors (Lipinski definition) is 1. The third-order valence-corrected chi connectivity index (χ3v) is 6.67. The first-order valence-corrected chi connectivity index (χ1v) is 10.0. The van der Waals surface area contributed by atoms with Crippen molar-refractivity contribution in [3.63, 3.8) is 0 Å². The van der Waals surface area contributed by atoms with E-state index in [0.29, 0.717) is 0 Å². The molecule has 1 unspecified atom stereocenters. The molecule has 0 spiro atoms. The summed E-state index contributed by atoms with van der Waals surface area (Å²) in [6.45, 7) is 18.2. The lowest BCUT2D eigenvalue weighted by Gasteiger charge is -2.32. The summed E-state index contributed by atoms with van der Waals surface area (Å²) in [5, 5.41) is 0. The van der Waals surface area contributed by atoms with Crippen molar-refractivity contribution >= 4 is 23.9 Å². The number of hydrogen-bond acceptors (Lipinski definition) is 4. The first-order chi connectivity index (χ1) is 11.2. The van der Waals surface area contributed by atoms with E-state index >= 15 is 0 Å². The third kappa shape index (κ3) is 4.61. The van der Waals surface area contributed by atoms with E-state index in [1.165, 1.54) is 0 Å². The van der Waals surface area contributed by atoms with Gasteiger partial charge in [-0.2, -0.15) is 0 Å². The maximum atomic E-state index is 12.4. The Morgan fingerprint density at radius 3 is 2.08 bits per heavy atom. The van der Waals surface area contributed by atoms with Crippen LogP contribution in [-0.2, 0) is 20.7 Å². The van der Waals surface area contributed by atoms with Crippen molar-refractivity contribution in [1.82, 2.24) is 4.72 Å². The van der Waals surface area contributed by atoms with Gasteiger partial charge in [0.05, 0.1) is 17.2 Å². The minimum absolute atomic E-state index is 0.0267. The second-order valence-electron chi connectivity index (χ2n) is 8.99. The summed E-state index contributed by atoms with van der Waals surface area (Å²) in [5.74, 6) is 0. The molecule has 1 aromatic rings. The Bertz CT molecular complexity index is 612. The maximum Gasteiger partial charge on any atom is 0.494 e. The molecule has 0 bridgehead atoms. The van der Waals surface area contributed by atoms with Gasteiger partial charge in [-0.05, 0) is 73.3 Å². The van der Waals surface area contributed by atoms with Crippen molar-refractivity contribution < 1.29 is 13.9 Å². The number of benzene rings is 1. The topological polar surface area (TPSA) is 53.5 Å². The van der Waals surface area contributed by atoms with Crippen LogP contribution >= 0.6 is 0 Å². The zero-order valence-electron chi connectivity index (χ0n) is 17.0. The Morgan fingerprint density at radius 2 is 1.60 bits per heavy atom. The monoisotopic (exact) mass is 365 g/mol. The van der Waals surface area contributed by atoms with Crippen LogP contribution in [0.25, 0.3) is 0 Å². The van der Waals surface area contributed by atoms with Crippen LogP contribution in [0.3, 0.4) is 0 Å². The van der Waals surface area contributed by atoms with Gasteiger partial charge in [0.1, 0.15) is 4.75 Å². The van der Waals surface area contributed by atoms with Crippen LogP contribution in [0.2, 0.25) is 0 Å². The molecule has 1 saturated heterocycles. The molecule has 1 aromatic carbocycles. The molecule has 25 heavy (non-hydrogen) atoms. The second-order valence-corrected chi connectivity index (χ2v) is 11.0. The van der Waals surface area contributed by atoms with E-state index in [1.807, 2.05) is 27.7 Å². The normalized spacial score (nSPS) is 22.1. The molecule has 6 heteroatoms. The fourth-order valence-corrected chi connectivity index (χ4v) is 3.42. The molecule has 1 fully saturated rings. The molecule has 0 radical (unpaired) electrons.